The van der Waals surface area contributed by atoms with Crippen LogP contribution < -0.4 is 10.6 Å². The SMILES string of the molecule is Cc1cc(C)nc(Nc2cccc(C(=O)NCCSc3n[nH]c(C)n3)c2)n1. The van der Waals surface area contributed by atoms with Crippen LogP contribution in [0, 0.1) is 20.8 Å². The zero-order valence-corrected chi connectivity index (χ0v) is 16.2. The van der Waals surface area contributed by atoms with E-state index in [1.165, 1.54) is 11.8 Å². The van der Waals surface area contributed by atoms with Gasteiger partial charge in [0.15, 0.2) is 0 Å². The van der Waals surface area contributed by atoms with Gasteiger partial charge in [-0.05, 0) is 45.0 Å². The van der Waals surface area contributed by atoms with E-state index in [0.29, 0.717) is 29.0 Å². The molecule has 0 atom stereocenters. The fraction of sp³-hybridized carbons (Fsp3) is 0.278. The van der Waals surface area contributed by atoms with E-state index in [-0.39, 0.29) is 5.91 Å². The number of carbonyl (C=O) groups is 1. The lowest BCUT2D eigenvalue weighted by molar-refractivity contribution is 0.0956. The van der Waals surface area contributed by atoms with Crippen LogP contribution >= 0.6 is 11.8 Å². The summed E-state index contributed by atoms with van der Waals surface area (Å²) in [5.41, 5.74) is 3.11. The Morgan fingerprint density at radius 1 is 1.11 bits per heavy atom. The summed E-state index contributed by atoms with van der Waals surface area (Å²) in [5.74, 6) is 1.85. The molecular formula is C18H21N7OS. The van der Waals surface area contributed by atoms with Crippen molar-refractivity contribution in [2.24, 2.45) is 0 Å². The molecule has 3 N–H and O–H groups in total. The summed E-state index contributed by atoms with van der Waals surface area (Å²) < 4.78 is 0. The molecule has 0 aliphatic heterocycles. The summed E-state index contributed by atoms with van der Waals surface area (Å²) in [6.45, 7) is 6.21. The Morgan fingerprint density at radius 2 is 1.89 bits per heavy atom. The van der Waals surface area contributed by atoms with Gasteiger partial charge in [-0.25, -0.2) is 15.0 Å². The van der Waals surface area contributed by atoms with Crippen molar-refractivity contribution in [3.05, 3.63) is 53.1 Å². The maximum Gasteiger partial charge on any atom is 0.251 e. The number of rotatable bonds is 7. The number of anilines is 2. The van der Waals surface area contributed by atoms with Crippen molar-refractivity contribution in [3.63, 3.8) is 0 Å². The van der Waals surface area contributed by atoms with E-state index in [9.17, 15) is 4.79 Å². The summed E-state index contributed by atoms with van der Waals surface area (Å²) in [7, 11) is 0. The molecule has 0 unspecified atom stereocenters. The first-order chi connectivity index (χ1) is 13.0. The molecule has 0 fully saturated rings. The van der Waals surface area contributed by atoms with Crippen molar-refractivity contribution in [3.8, 4) is 0 Å². The summed E-state index contributed by atoms with van der Waals surface area (Å²) in [5, 5.41) is 13.6. The Morgan fingerprint density at radius 3 is 2.59 bits per heavy atom. The molecule has 3 rings (SSSR count). The number of hydrogen-bond donors (Lipinski definition) is 3. The van der Waals surface area contributed by atoms with Crippen LogP contribution in [0.5, 0.6) is 0 Å². The van der Waals surface area contributed by atoms with Crippen LogP contribution in [0.4, 0.5) is 11.6 Å². The van der Waals surface area contributed by atoms with Crippen LogP contribution in [-0.2, 0) is 0 Å². The van der Waals surface area contributed by atoms with Gasteiger partial charge in [0.05, 0.1) is 0 Å². The fourth-order valence-electron chi connectivity index (χ4n) is 2.44. The molecule has 0 spiro atoms. The molecule has 2 heterocycles. The Bertz CT molecular complexity index is 921. The molecule has 1 aromatic carbocycles. The van der Waals surface area contributed by atoms with E-state index >= 15 is 0 Å². The molecular weight excluding hydrogens is 362 g/mol. The van der Waals surface area contributed by atoms with Crippen molar-refractivity contribution in [1.82, 2.24) is 30.5 Å². The molecule has 2 aromatic heterocycles. The minimum Gasteiger partial charge on any atom is -0.351 e. The van der Waals surface area contributed by atoms with E-state index < -0.39 is 0 Å². The van der Waals surface area contributed by atoms with E-state index in [1.54, 1.807) is 12.1 Å². The molecule has 0 radical (unpaired) electrons. The average molecular weight is 383 g/mol. The third-order valence-electron chi connectivity index (χ3n) is 3.56. The molecule has 0 bridgehead atoms. The fourth-order valence-corrected chi connectivity index (χ4v) is 3.14. The molecule has 0 aliphatic carbocycles. The molecule has 8 nitrogen and oxygen atoms in total. The monoisotopic (exact) mass is 383 g/mol. The normalized spacial score (nSPS) is 10.6. The third kappa shape index (κ3) is 5.52. The zero-order chi connectivity index (χ0) is 19.2. The summed E-state index contributed by atoms with van der Waals surface area (Å²) in [4.78, 5) is 25.3. The number of aryl methyl sites for hydroxylation is 3. The van der Waals surface area contributed by atoms with Crippen LogP contribution in [0.1, 0.15) is 27.6 Å². The Hall–Kier alpha value is -2.94. The van der Waals surface area contributed by atoms with Gasteiger partial charge in [0.1, 0.15) is 5.82 Å². The lowest BCUT2D eigenvalue weighted by atomic mass is 10.2. The van der Waals surface area contributed by atoms with Gasteiger partial charge in [0.25, 0.3) is 5.91 Å². The summed E-state index contributed by atoms with van der Waals surface area (Å²) >= 11 is 1.49. The molecule has 9 heteroatoms. The van der Waals surface area contributed by atoms with Crippen LogP contribution in [0.15, 0.2) is 35.5 Å². The van der Waals surface area contributed by atoms with Crippen molar-refractivity contribution in [1.29, 1.82) is 0 Å². The van der Waals surface area contributed by atoms with Crippen LogP contribution in [0.2, 0.25) is 0 Å². The van der Waals surface area contributed by atoms with Gasteiger partial charge < -0.3 is 10.6 Å². The first-order valence-corrected chi connectivity index (χ1v) is 9.47. The van der Waals surface area contributed by atoms with Gasteiger partial charge in [-0.2, -0.15) is 0 Å². The highest BCUT2D eigenvalue weighted by Crippen LogP contribution is 2.16. The second-order valence-corrected chi connectivity index (χ2v) is 7.05. The first-order valence-electron chi connectivity index (χ1n) is 8.49. The summed E-state index contributed by atoms with van der Waals surface area (Å²) in [6, 6.07) is 9.16. The standard InChI is InChI=1S/C18H21N7OS/c1-11-9-12(2)21-17(20-11)23-15-6-4-5-14(10-15)16(26)19-7-8-27-18-22-13(3)24-25-18/h4-6,9-10H,7-8H2,1-3H3,(H,19,26)(H,20,21,23)(H,22,24,25). The number of carbonyl (C=O) groups excluding carboxylic acids is 1. The maximum absolute atomic E-state index is 12.4. The lowest BCUT2D eigenvalue weighted by Crippen LogP contribution is -2.25. The van der Waals surface area contributed by atoms with Crippen molar-refractivity contribution in [2.75, 3.05) is 17.6 Å². The molecule has 1 amide bonds. The predicted octanol–water partition coefficient (Wildman–Crippen LogP) is 2.79. The number of hydrogen-bond acceptors (Lipinski definition) is 7. The van der Waals surface area contributed by atoms with Gasteiger partial charge in [-0.3, -0.25) is 9.89 Å². The van der Waals surface area contributed by atoms with Gasteiger partial charge in [-0.15, -0.1) is 5.10 Å². The second-order valence-electron chi connectivity index (χ2n) is 5.99. The predicted molar refractivity (Wildman–Crippen MR) is 105 cm³/mol. The average Bonchev–Trinajstić information content (AvgIpc) is 3.03. The maximum atomic E-state index is 12.4. The van der Waals surface area contributed by atoms with E-state index in [4.69, 9.17) is 0 Å². The van der Waals surface area contributed by atoms with Gasteiger partial charge in [0, 0.05) is 34.9 Å². The van der Waals surface area contributed by atoms with Crippen LogP contribution in [-0.4, -0.2) is 43.4 Å². The topological polar surface area (TPSA) is 108 Å². The Balaban J connectivity index is 1.55. The second kappa shape index (κ2) is 8.63. The lowest BCUT2D eigenvalue weighted by Gasteiger charge is -2.09. The number of aromatic nitrogens is 5. The Labute approximate surface area is 161 Å². The summed E-state index contributed by atoms with van der Waals surface area (Å²) in [6.07, 6.45) is 0. The third-order valence-corrected chi connectivity index (χ3v) is 4.41. The molecule has 140 valence electrons. The molecule has 0 saturated carbocycles. The van der Waals surface area contributed by atoms with Crippen LogP contribution in [0.3, 0.4) is 0 Å². The first kappa shape index (κ1) is 18.8. The molecule has 3 aromatic rings. The smallest absolute Gasteiger partial charge is 0.251 e. The quantitative estimate of drug-likeness (QED) is 0.425. The Kier molecular flexibility index (Phi) is 6.02. The minimum absolute atomic E-state index is 0.133. The number of aromatic amines is 1. The highest BCUT2D eigenvalue weighted by Gasteiger charge is 2.08. The number of thioether (sulfide) groups is 1. The van der Waals surface area contributed by atoms with E-state index in [1.807, 2.05) is 39.0 Å². The molecule has 27 heavy (non-hydrogen) atoms. The van der Waals surface area contributed by atoms with Gasteiger partial charge in [-0.1, -0.05) is 17.8 Å². The van der Waals surface area contributed by atoms with Crippen molar-refractivity contribution < 1.29 is 4.79 Å². The number of benzene rings is 1. The minimum atomic E-state index is -0.133. The van der Waals surface area contributed by atoms with Crippen molar-refractivity contribution >= 4 is 29.3 Å². The van der Waals surface area contributed by atoms with Crippen LogP contribution in [0.25, 0.3) is 0 Å². The number of H-pyrrole nitrogens is 1. The van der Waals surface area contributed by atoms with E-state index in [2.05, 4.69) is 35.8 Å². The van der Waals surface area contributed by atoms with Gasteiger partial charge >= 0.3 is 0 Å². The van der Waals surface area contributed by atoms with Gasteiger partial charge in [0.2, 0.25) is 11.1 Å². The number of nitrogens with one attached hydrogen (secondary N) is 3. The number of amides is 1. The number of nitrogens with zero attached hydrogens (tertiary/aromatic N) is 4. The zero-order valence-electron chi connectivity index (χ0n) is 15.4. The van der Waals surface area contributed by atoms with E-state index in [0.717, 1.165) is 22.9 Å². The highest BCUT2D eigenvalue weighted by atomic mass is 32.2. The highest BCUT2D eigenvalue weighted by molar-refractivity contribution is 7.99. The molecule has 0 aliphatic rings. The van der Waals surface area contributed by atoms with Crippen molar-refractivity contribution in [2.45, 2.75) is 25.9 Å². The molecule has 0 saturated heterocycles. The largest absolute Gasteiger partial charge is 0.351 e.